The molecule has 4 N–H and O–H groups in total. The van der Waals surface area contributed by atoms with Gasteiger partial charge in [0.05, 0.1) is 12.2 Å². The van der Waals surface area contributed by atoms with Crippen LogP contribution in [0.4, 0.5) is 6.01 Å². The number of nitrogens with zero attached hydrogens (tertiary/aromatic N) is 2. The predicted molar refractivity (Wildman–Crippen MR) is 123 cm³/mol. The summed E-state index contributed by atoms with van der Waals surface area (Å²) in [6.07, 6.45) is 1.81. The number of amides is 1. The Kier molecular flexibility index (Phi) is 5.51. The van der Waals surface area contributed by atoms with Gasteiger partial charge in [-0.2, -0.15) is 4.98 Å². The number of benzene rings is 2. The molecule has 0 saturated carbocycles. The van der Waals surface area contributed by atoms with Crippen LogP contribution in [-0.2, 0) is 6.54 Å². The average molecular weight is 451 g/mol. The van der Waals surface area contributed by atoms with Crippen molar-refractivity contribution in [3.63, 3.8) is 0 Å². The number of oxazole rings is 2. The predicted octanol–water partition coefficient (Wildman–Crippen LogP) is 2.52. The number of para-hydroxylation sites is 1. The third kappa shape index (κ3) is 4.05. The normalized spacial score (nSPS) is 14.7. The van der Waals surface area contributed by atoms with E-state index in [0.29, 0.717) is 52.7 Å². The van der Waals surface area contributed by atoms with Crippen molar-refractivity contribution in [3.05, 3.63) is 52.0 Å². The first-order chi connectivity index (χ1) is 16.0. The lowest BCUT2D eigenvalue weighted by Crippen LogP contribution is -2.43. The number of hydrogen-bond donors (Lipinski definition) is 3. The lowest BCUT2D eigenvalue weighted by Gasteiger charge is -2.33. The van der Waals surface area contributed by atoms with Gasteiger partial charge in [-0.05, 0) is 62.7 Å². The van der Waals surface area contributed by atoms with Crippen LogP contribution in [0.25, 0.3) is 22.2 Å². The van der Waals surface area contributed by atoms with Crippen LogP contribution >= 0.6 is 0 Å². The molecule has 0 atom stereocenters. The summed E-state index contributed by atoms with van der Waals surface area (Å²) in [6.45, 7) is 4.54. The quantitative estimate of drug-likeness (QED) is 0.389. The van der Waals surface area contributed by atoms with Crippen molar-refractivity contribution < 1.29 is 18.4 Å². The molecule has 2 aromatic heterocycles. The van der Waals surface area contributed by atoms with Gasteiger partial charge in [0.2, 0.25) is 0 Å². The minimum absolute atomic E-state index is 0.167. The molecule has 172 valence electrons. The van der Waals surface area contributed by atoms with Crippen LogP contribution in [-0.4, -0.2) is 41.6 Å². The van der Waals surface area contributed by atoms with Gasteiger partial charge in [-0.3, -0.25) is 9.78 Å². The van der Waals surface area contributed by atoms with Crippen molar-refractivity contribution in [2.75, 3.05) is 24.6 Å². The molecule has 0 bridgehead atoms. The number of rotatable bonds is 7. The highest BCUT2D eigenvalue weighted by molar-refractivity contribution is 6.03. The number of H-pyrrole nitrogens is 1. The van der Waals surface area contributed by atoms with Gasteiger partial charge in [-0.15, -0.1) is 0 Å². The van der Waals surface area contributed by atoms with Crippen molar-refractivity contribution in [2.24, 2.45) is 5.73 Å². The van der Waals surface area contributed by atoms with Crippen molar-refractivity contribution in [1.82, 2.24) is 15.3 Å². The van der Waals surface area contributed by atoms with E-state index in [2.05, 4.69) is 20.2 Å². The van der Waals surface area contributed by atoms with E-state index < -0.39 is 11.7 Å². The molecule has 3 heterocycles. The first kappa shape index (κ1) is 21.1. The molecular formula is C23H25N5O5. The van der Waals surface area contributed by atoms with Crippen molar-refractivity contribution in [1.29, 1.82) is 0 Å². The van der Waals surface area contributed by atoms with E-state index in [0.717, 1.165) is 31.5 Å². The molecule has 5 rings (SSSR count). The zero-order valence-electron chi connectivity index (χ0n) is 18.2. The second kappa shape index (κ2) is 8.62. The molecule has 0 spiro atoms. The summed E-state index contributed by atoms with van der Waals surface area (Å²) in [7, 11) is 0. The Labute approximate surface area is 188 Å². The number of carbonyl (C=O) groups excluding carboxylic acids is 1. The first-order valence-corrected chi connectivity index (χ1v) is 11.0. The summed E-state index contributed by atoms with van der Waals surface area (Å²) < 4.78 is 17.1. The number of nitrogens with two attached hydrogens (primary N) is 1. The molecule has 0 unspecified atom stereocenters. The molecule has 10 heteroatoms. The zero-order valence-corrected chi connectivity index (χ0v) is 18.2. The van der Waals surface area contributed by atoms with Crippen LogP contribution < -0.4 is 26.4 Å². The van der Waals surface area contributed by atoms with Gasteiger partial charge in [0.25, 0.3) is 11.9 Å². The van der Waals surface area contributed by atoms with Gasteiger partial charge in [-0.1, -0.05) is 6.07 Å². The fraction of sp³-hybridized carbons (Fsp3) is 0.348. The molecular weight excluding hydrogens is 426 g/mol. The van der Waals surface area contributed by atoms with Crippen molar-refractivity contribution >= 4 is 34.1 Å². The Balaban J connectivity index is 1.58. The maximum Gasteiger partial charge on any atom is 0.417 e. The topological polar surface area (TPSA) is 140 Å². The van der Waals surface area contributed by atoms with E-state index in [9.17, 15) is 9.59 Å². The molecule has 33 heavy (non-hydrogen) atoms. The summed E-state index contributed by atoms with van der Waals surface area (Å²) in [5.41, 5.74) is 8.65. The number of primary amides is 1. The summed E-state index contributed by atoms with van der Waals surface area (Å²) in [4.78, 5) is 33.1. The Bertz CT molecular complexity index is 1360. The molecule has 1 fully saturated rings. The zero-order chi connectivity index (χ0) is 22.9. The number of hydrogen-bond acceptors (Lipinski definition) is 8. The standard InChI is InChI=1S/C23H25N5O5/c1-2-31-17-10-13(11-18-20(17)27-23(30)33-18)12-28(14-6-8-25-9-7-14)22-26-19-15(21(24)29)4-3-5-16(19)32-22/h3-5,10-11,14,25H,2,6-9,12H2,1H3,(H2,24,29)(H,27,30). The van der Waals surface area contributed by atoms with Crippen molar-refractivity contribution in [3.8, 4) is 5.75 Å². The third-order valence-corrected chi connectivity index (χ3v) is 5.88. The maximum absolute atomic E-state index is 11.9. The summed E-state index contributed by atoms with van der Waals surface area (Å²) in [5.74, 6) is -0.533. The molecule has 2 aromatic carbocycles. The van der Waals surface area contributed by atoms with E-state index in [1.165, 1.54) is 0 Å². The highest BCUT2D eigenvalue weighted by Crippen LogP contribution is 2.31. The summed E-state index contributed by atoms with van der Waals surface area (Å²) in [5, 5.41) is 3.38. The number of nitrogens with one attached hydrogen (secondary N) is 2. The van der Waals surface area contributed by atoms with Crippen LogP contribution in [0.5, 0.6) is 5.75 Å². The van der Waals surface area contributed by atoms with Gasteiger partial charge >= 0.3 is 5.76 Å². The van der Waals surface area contributed by atoms with E-state index in [1.54, 1.807) is 18.2 Å². The number of aromatic amines is 1. The smallest absolute Gasteiger partial charge is 0.417 e. The van der Waals surface area contributed by atoms with E-state index in [4.69, 9.17) is 19.3 Å². The Morgan fingerprint density at radius 3 is 2.82 bits per heavy atom. The number of aromatic nitrogens is 2. The van der Waals surface area contributed by atoms with E-state index in [-0.39, 0.29) is 6.04 Å². The fourth-order valence-corrected chi connectivity index (χ4v) is 4.36. The monoisotopic (exact) mass is 451 g/mol. The molecule has 1 saturated heterocycles. The van der Waals surface area contributed by atoms with Crippen LogP contribution in [0.15, 0.2) is 44.0 Å². The molecule has 0 radical (unpaired) electrons. The molecule has 1 aliphatic rings. The highest BCUT2D eigenvalue weighted by atomic mass is 16.5. The highest BCUT2D eigenvalue weighted by Gasteiger charge is 2.27. The largest absolute Gasteiger partial charge is 0.492 e. The van der Waals surface area contributed by atoms with Gasteiger partial charge in [-0.25, -0.2) is 4.79 Å². The third-order valence-electron chi connectivity index (χ3n) is 5.88. The fourth-order valence-electron chi connectivity index (χ4n) is 4.36. The molecule has 1 amide bonds. The lowest BCUT2D eigenvalue weighted by molar-refractivity contribution is 0.100. The van der Waals surface area contributed by atoms with Crippen molar-refractivity contribution in [2.45, 2.75) is 32.4 Å². The SMILES string of the molecule is CCOc1cc(CN(c2nc3c(C(N)=O)cccc3o2)C2CCNCC2)cc2oc(=O)[nH]c12. The second-order valence-corrected chi connectivity index (χ2v) is 8.04. The van der Waals surface area contributed by atoms with Gasteiger partial charge < -0.3 is 29.5 Å². The molecule has 1 aliphatic heterocycles. The lowest BCUT2D eigenvalue weighted by atomic mass is 10.0. The van der Waals surface area contributed by atoms with E-state index in [1.807, 2.05) is 19.1 Å². The van der Waals surface area contributed by atoms with E-state index >= 15 is 0 Å². The maximum atomic E-state index is 11.9. The Morgan fingerprint density at radius 1 is 1.24 bits per heavy atom. The van der Waals surface area contributed by atoms with Gasteiger partial charge in [0.15, 0.2) is 11.2 Å². The first-order valence-electron chi connectivity index (χ1n) is 11.0. The minimum atomic E-state index is -0.553. The number of piperidine rings is 1. The molecule has 4 aromatic rings. The number of anilines is 1. The Morgan fingerprint density at radius 2 is 2.06 bits per heavy atom. The second-order valence-electron chi connectivity index (χ2n) is 8.04. The van der Waals surface area contributed by atoms with Gasteiger partial charge in [0.1, 0.15) is 16.8 Å². The minimum Gasteiger partial charge on any atom is -0.492 e. The number of carbonyl (C=O) groups is 1. The molecule has 0 aliphatic carbocycles. The molecule has 10 nitrogen and oxygen atoms in total. The number of ether oxygens (including phenoxy) is 1. The summed E-state index contributed by atoms with van der Waals surface area (Å²) in [6, 6.07) is 9.43. The van der Waals surface area contributed by atoms with Crippen LogP contribution in [0.2, 0.25) is 0 Å². The summed E-state index contributed by atoms with van der Waals surface area (Å²) >= 11 is 0. The van der Waals surface area contributed by atoms with Crippen LogP contribution in [0.1, 0.15) is 35.7 Å². The van der Waals surface area contributed by atoms with Gasteiger partial charge in [0, 0.05) is 12.6 Å². The van der Waals surface area contributed by atoms with Crippen LogP contribution in [0, 0.1) is 0 Å². The van der Waals surface area contributed by atoms with Crippen LogP contribution in [0.3, 0.4) is 0 Å². The Hall–Kier alpha value is -3.79. The number of fused-ring (bicyclic) bond motifs is 2. The average Bonchev–Trinajstić information content (AvgIpc) is 3.40.